The summed E-state index contributed by atoms with van der Waals surface area (Å²) >= 11 is 5.86. The quantitative estimate of drug-likeness (QED) is 0.785. The van der Waals surface area contributed by atoms with Crippen molar-refractivity contribution in [3.05, 3.63) is 34.6 Å². The molecule has 1 aliphatic heterocycles. The van der Waals surface area contributed by atoms with Crippen LogP contribution in [0, 0.1) is 5.82 Å². The maximum Gasteiger partial charge on any atom is 0.127 e. The van der Waals surface area contributed by atoms with Crippen LogP contribution in [-0.2, 0) is 6.54 Å². The zero-order valence-corrected chi connectivity index (χ0v) is 10.2. The first-order chi connectivity index (χ1) is 7.65. The Bertz CT molecular complexity index is 362. The minimum Gasteiger partial charge on any atom is -0.304 e. The molecule has 0 aliphatic carbocycles. The van der Waals surface area contributed by atoms with E-state index in [0.717, 1.165) is 26.2 Å². The van der Waals surface area contributed by atoms with E-state index in [0.29, 0.717) is 17.1 Å². The lowest BCUT2D eigenvalue weighted by atomic mass is 10.2. The van der Waals surface area contributed by atoms with Crippen molar-refractivity contribution in [1.82, 2.24) is 9.80 Å². The van der Waals surface area contributed by atoms with Crippen LogP contribution in [0.25, 0.3) is 0 Å². The Balaban J connectivity index is 2.00. The van der Waals surface area contributed by atoms with E-state index in [2.05, 4.69) is 16.8 Å². The van der Waals surface area contributed by atoms with Crippen LogP contribution < -0.4 is 0 Å². The van der Waals surface area contributed by atoms with Crippen LogP contribution in [0.3, 0.4) is 0 Å². The van der Waals surface area contributed by atoms with E-state index in [9.17, 15) is 4.39 Å². The molecular formula is C12H16ClFN2. The molecule has 4 heteroatoms. The van der Waals surface area contributed by atoms with Gasteiger partial charge in [-0.15, -0.1) is 0 Å². The first kappa shape index (κ1) is 11.8. The Morgan fingerprint density at radius 1 is 1.25 bits per heavy atom. The second-order valence-corrected chi connectivity index (χ2v) is 4.75. The van der Waals surface area contributed by atoms with Gasteiger partial charge < -0.3 is 4.90 Å². The van der Waals surface area contributed by atoms with Gasteiger partial charge >= 0.3 is 0 Å². The fraction of sp³-hybridized carbons (Fsp3) is 0.500. The minimum atomic E-state index is -0.164. The van der Waals surface area contributed by atoms with E-state index in [1.807, 2.05) is 0 Å². The molecular weight excluding hydrogens is 227 g/mol. The smallest absolute Gasteiger partial charge is 0.127 e. The molecule has 1 aromatic carbocycles. The Morgan fingerprint density at radius 3 is 2.62 bits per heavy atom. The summed E-state index contributed by atoms with van der Waals surface area (Å²) in [6.45, 7) is 4.72. The van der Waals surface area contributed by atoms with E-state index >= 15 is 0 Å². The molecule has 0 aromatic heterocycles. The average Bonchev–Trinajstić information content (AvgIpc) is 2.27. The molecule has 0 bridgehead atoms. The van der Waals surface area contributed by atoms with E-state index in [-0.39, 0.29) is 5.82 Å². The fourth-order valence-electron chi connectivity index (χ4n) is 1.91. The van der Waals surface area contributed by atoms with Crippen molar-refractivity contribution in [2.75, 3.05) is 33.2 Å². The van der Waals surface area contributed by atoms with Crippen LogP contribution in [0.15, 0.2) is 18.2 Å². The summed E-state index contributed by atoms with van der Waals surface area (Å²) in [4.78, 5) is 4.54. The molecule has 0 amide bonds. The van der Waals surface area contributed by atoms with Crippen molar-refractivity contribution in [3.8, 4) is 0 Å². The lowest BCUT2D eigenvalue weighted by Gasteiger charge is -2.32. The number of benzene rings is 1. The highest BCUT2D eigenvalue weighted by Gasteiger charge is 2.15. The van der Waals surface area contributed by atoms with E-state index in [4.69, 9.17) is 11.6 Å². The van der Waals surface area contributed by atoms with Crippen molar-refractivity contribution in [2.45, 2.75) is 6.54 Å². The number of piperazine rings is 1. The number of nitrogens with zero attached hydrogens (tertiary/aromatic N) is 2. The van der Waals surface area contributed by atoms with Crippen molar-refractivity contribution in [3.63, 3.8) is 0 Å². The Hall–Kier alpha value is -0.640. The summed E-state index contributed by atoms with van der Waals surface area (Å²) in [6, 6.07) is 4.74. The summed E-state index contributed by atoms with van der Waals surface area (Å²) < 4.78 is 13.5. The normalized spacial score (nSPS) is 18.9. The summed E-state index contributed by atoms with van der Waals surface area (Å²) in [5.41, 5.74) is 0.692. The topological polar surface area (TPSA) is 6.48 Å². The third-order valence-electron chi connectivity index (χ3n) is 3.00. The van der Waals surface area contributed by atoms with Gasteiger partial charge in [-0.3, -0.25) is 4.90 Å². The van der Waals surface area contributed by atoms with Gasteiger partial charge in [0.05, 0.1) is 0 Å². The summed E-state index contributed by atoms with van der Waals surface area (Å²) in [6.07, 6.45) is 0. The van der Waals surface area contributed by atoms with Crippen LogP contribution >= 0.6 is 11.6 Å². The molecule has 0 spiro atoms. The number of rotatable bonds is 2. The molecule has 2 nitrogen and oxygen atoms in total. The predicted molar refractivity (Wildman–Crippen MR) is 64.2 cm³/mol. The van der Waals surface area contributed by atoms with Crippen LogP contribution in [0.4, 0.5) is 4.39 Å². The lowest BCUT2D eigenvalue weighted by Crippen LogP contribution is -2.44. The molecule has 0 atom stereocenters. The second-order valence-electron chi connectivity index (χ2n) is 4.32. The average molecular weight is 243 g/mol. The summed E-state index contributed by atoms with van der Waals surface area (Å²) in [5.74, 6) is -0.164. The number of hydrogen-bond acceptors (Lipinski definition) is 2. The predicted octanol–water partition coefficient (Wildman–Crippen LogP) is 2.23. The summed E-state index contributed by atoms with van der Waals surface area (Å²) in [7, 11) is 2.11. The van der Waals surface area contributed by atoms with E-state index in [1.165, 1.54) is 6.07 Å². The number of halogens is 2. The van der Waals surface area contributed by atoms with Crippen molar-refractivity contribution in [2.24, 2.45) is 0 Å². The van der Waals surface area contributed by atoms with Gasteiger partial charge in [0.1, 0.15) is 5.82 Å². The third kappa shape index (κ3) is 2.94. The monoisotopic (exact) mass is 242 g/mol. The van der Waals surface area contributed by atoms with Gasteiger partial charge in [0.2, 0.25) is 0 Å². The Morgan fingerprint density at radius 2 is 1.94 bits per heavy atom. The Kier molecular flexibility index (Phi) is 3.79. The van der Waals surface area contributed by atoms with Crippen LogP contribution in [-0.4, -0.2) is 43.0 Å². The SMILES string of the molecule is CN1CCN(Cc2cc(Cl)ccc2F)CC1. The molecule has 0 N–H and O–H groups in total. The molecule has 16 heavy (non-hydrogen) atoms. The fourth-order valence-corrected chi connectivity index (χ4v) is 2.11. The molecule has 1 aliphatic rings. The number of hydrogen-bond donors (Lipinski definition) is 0. The first-order valence-electron chi connectivity index (χ1n) is 5.50. The van der Waals surface area contributed by atoms with Crippen molar-refractivity contribution in [1.29, 1.82) is 0 Å². The lowest BCUT2D eigenvalue weighted by molar-refractivity contribution is 0.147. The van der Waals surface area contributed by atoms with E-state index < -0.39 is 0 Å². The first-order valence-corrected chi connectivity index (χ1v) is 5.88. The van der Waals surface area contributed by atoms with Crippen LogP contribution in [0.5, 0.6) is 0 Å². The van der Waals surface area contributed by atoms with Gasteiger partial charge in [-0.05, 0) is 25.2 Å². The zero-order chi connectivity index (χ0) is 11.5. The standard InChI is InChI=1S/C12H16ClFN2/c1-15-4-6-16(7-5-15)9-10-8-11(13)2-3-12(10)14/h2-3,8H,4-7,9H2,1H3. The maximum atomic E-state index is 13.5. The highest BCUT2D eigenvalue weighted by molar-refractivity contribution is 6.30. The van der Waals surface area contributed by atoms with Crippen molar-refractivity contribution >= 4 is 11.6 Å². The van der Waals surface area contributed by atoms with Gasteiger partial charge in [-0.1, -0.05) is 11.6 Å². The van der Waals surface area contributed by atoms with Gasteiger partial charge in [-0.25, -0.2) is 4.39 Å². The van der Waals surface area contributed by atoms with E-state index in [1.54, 1.807) is 12.1 Å². The second kappa shape index (κ2) is 5.13. The highest BCUT2D eigenvalue weighted by Crippen LogP contribution is 2.17. The zero-order valence-electron chi connectivity index (χ0n) is 9.42. The van der Waals surface area contributed by atoms with Crippen LogP contribution in [0.1, 0.15) is 5.56 Å². The molecule has 88 valence electrons. The van der Waals surface area contributed by atoms with Gasteiger partial charge in [0.15, 0.2) is 0 Å². The molecule has 0 saturated carbocycles. The Labute approximate surface area is 101 Å². The molecule has 2 rings (SSSR count). The molecule has 1 fully saturated rings. The number of likely N-dealkylation sites (N-methyl/N-ethyl adjacent to an activating group) is 1. The highest BCUT2D eigenvalue weighted by atomic mass is 35.5. The molecule has 0 radical (unpaired) electrons. The van der Waals surface area contributed by atoms with Gasteiger partial charge in [-0.2, -0.15) is 0 Å². The van der Waals surface area contributed by atoms with Crippen LogP contribution in [0.2, 0.25) is 5.02 Å². The molecule has 0 unspecified atom stereocenters. The minimum absolute atomic E-state index is 0.164. The maximum absolute atomic E-state index is 13.5. The van der Waals surface area contributed by atoms with Gasteiger partial charge in [0.25, 0.3) is 0 Å². The molecule has 1 aromatic rings. The van der Waals surface area contributed by atoms with Crippen molar-refractivity contribution < 1.29 is 4.39 Å². The van der Waals surface area contributed by atoms with Gasteiger partial charge in [0, 0.05) is 43.3 Å². The molecule has 1 saturated heterocycles. The third-order valence-corrected chi connectivity index (χ3v) is 3.23. The summed E-state index contributed by atoms with van der Waals surface area (Å²) in [5, 5.41) is 0.602. The largest absolute Gasteiger partial charge is 0.304 e. The molecule has 1 heterocycles.